The Balaban J connectivity index is 3.04. The molecule has 0 spiro atoms. The summed E-state index contributed by atoms with van der Waals surface area (Å²) in [4.78, 5) is 23.6. The van der Waals surface area contributed by atoms with Gasteiger partial charge in [0, 0.05) is 4.47 Å². The van der Waals surface area contributed by atoms with Crippen LogP contribution >= 0.6 is 15.9 Å². The van der Waals surface area contributed by atoms with Crippen LogP contribution in [0.4, 0.5) is 0 Å². The molecule has 0 aliphatic heterocycles. The number of rotatable bonds is 6. The summed E-state index contributed by atoms with van der Waals surface area (Å²) in [7, 11) is 1.46. The van der Waals surface area contributed by atoms with Crippen molar-refractivity contribution in [2.45, 2.75) is 32.2 Å². The second kappa shape index (κ2) is 6.74. The molecule has 0 heterocycles. The highest BCUT2D eigenvalue weighted by Gasteiger charge is 2.34. The number of carbonyl (C=O) groups excluding carboxylic acids is 1. The van der Waals surface area contributed by atoms with E-state index in [0.717, 1.165) is 4.47 Å². The number of halogens is 1. The zero-order valence-electron chi connectivity index (χ0n) is 11.7. The Hall–Kier alpha value is -1.56. The van der Waals surface area contributed by atoms with Gasteiger partial charge in [0.2, 0.25) is 0 Å². The Morgan fingerprint density at radius 3 is 2.60 bits per heavy atom. The van der Waals surface area contributed by atoms with Gasteiger partial charge in [0.25, 0.3) is 5.91 Å². The van der Waals surface area contributed by atoms with E-state index in [2.05, 4.69) is 21.2 Å². The maximum Gasteiger partial charge on any atom is 0.329 e. The third kappa shape index (κ3) is 3.72. The number of benzene rings is 1. The first-order valence-electron chi connectivity index (χ1n) is 6.23. The van der Waals surface area contributed by atoms with Crippen molar-refractivity contribution in [3.63, 3.8) is 0 Å². The molecule has 0 radical (unpaired) electrons. The fourth-order valence-electron chi connectivity index (χ4n) is 1.89. The third-order valence-corrected chi connectivity index (χ3v) is 3.51. The molecule has 0 saturated heterocycles. The number of carbonyl (C=O) groups is 2. The number of amides is 1. The van der Waals surface area contributed by atoms with E-state index < -0.39 is 17.4 Å². The van der Waals surface area contributed by atoms with Crippen LogP contribution in [0.3, 0.4) is 0 Å². The SMILES string of the molecule is CCCC(C)(NC(=O)c1ccc(Br)cc1OC)C(=O)O. The topological polar surface area (TPSA) is 75.6 Å². The van der Waals surface area contributed by atoms with Crippen LogP contribution in [-0.4, -0.2) is 29.6 Å². The third-order valence-electron chi connectivity index (χ3n) is 3.02. The average Bonchev–Trinajstić information content (AvgIpc) is 2.38. The maximum absolute atomic E-state index is 12.3. The number of hydrogen-bond acceptors (Lipinski definition) is 3. The van der Waals surface area contributed by atoms with Crippen LogP contribution in [0, 0.1) is 0 Å². The summed E-state index contributed by atoms with van der Waals surface area (Å²) in [6, 6.07) is 4.95. The van der Waals surface area contributed by atoms with Crippen LogP contribution < -0.4 is 10.1 Å². The highest BCUT2D eigenvalue weighted by atomic mass is 79.9. The normalized spacial score (nSPS) is 13.4. The predicted octanol–water partition coefficient (Wildman–Crippen LogP) is 2.83. The number of ether oxygens (including phenoxy) is 1. The molecule has 0 aliphatic rings. The Kier molecular flexibility index (Phi) is 5.56. The van der Waals surface area contributed by atoms with Gasteiger partial charge in [0.1, 0.15) is 11.3 Å². The largest absolute Gasteiger partial charge is 0.496 e. The number of methoxy groups -OCH3 is 1. The van der Waals surface area contributed by atoms with Crippen molar-refractivity contribution in [1.29, 1.82) is 0 Å². The van der Waals surface area contributed by atoms with Crippen molar-refractivity contribution in [2.24, 2.45) is 0 Å². The predicted molar refractivity (Wildman–Crippen MR) is 79.1 cm³/mol. The minimum Gasteiger partial charge on any atom is -0.496 e. The van der Waals surface area contributed by atoms with Crippen molar-refractivity contribution < 1.29 is 19.4 Å². The number of carboxylic acids is 1. The highest BCUT2D eigenvalue weighted by molar-refractivity contribution is 9.10. The summed E-state index contributed by atoms with van der Waals surface area (Å²) in [5, 5.41) is 11.8. The number of aliphatic carboxylic acids is 1. The van der Waals surface area contributed by atoms with Gasteiger partial charge >= 0.3 is 5.97 Å². The second-order valence-electron chi connectivity index (χ2n) is 4.69. The fraction of sp³-hybridized carbons (Fsp3) is 0.429. The Morgan fingerprint density at radius 2 is 2.10 bits per heavy atom. The molecular weight excluding hydrogens is 326 g/mol. The van der Waals surface area contributed by atoms with E-state index in [9.17, 15) is 14.7 Å². The first kappa shape index (κ1) is 16.5. The van der Waals surface area contributed by atoms with Crippen LogP contribution in [0.5, 0.6) is 5.75 Å². The van der Waals surface area contributed by atoms with Crippen LogP contribution in [0.15, 0.2) is 22.7 Å². The molecule has 5 nitrogen and oxygen atoms in total. The van der Waals surface area contributed by atoms with Gasteiger partial charge in [-0.25, -0.2) is 4.79 Å². The summed E-state index contributed by atoms with van der Waals surface area (Å²) in [5.41, 5.74) is -0.983. The Bertz CT molecular complexity index is 518. The summed E-state index contributed by atoms with van der Waals surface area (Å²) in [6.07, 6.45) is 1.01. The summed E-state index contributed by atoms with van der Waals surface area (Å²) >= 11 is 3.29. The lowest BCUT2D eigenvalue weighted by Gasteiger charge is -2.26. The van der Waals surface area contributed by atoms with Gasteiger partial charge in [-0.2, -0.15) is 0 Å². The first-order chi connectivity index (χ1) is 9.34. The lowest BCUT2D eigenvalue weighted by molar-refractivity contribution is -0.144. The van der Waals surface area contributed by atoms with Crippen molar-refractivity contribution >= 4 is 27.8 Å². The van der Waals surface area contributed by atoms with Gasteiger partial charge in [-0.1, -0.05) is 29.3 Å². The van der Waals surface area contributed by atoms with Crippen LogP contribution in [0.25, 0.3) is 0 Å². The van der Waals surface area contributed by atoms with Crippen LogP contribution in [-0.2, 0) is 4.79 Å². The molecule has 1 aromatic carbocycles. The van der Waals surface area contributed by atoms with Gasteiger partial charge in [0.05, 0.1) is 12.7 Å². The molecule has 0 aromatic heterocycles. The molecule has 6 heteroatoms. The molecule has 20 heavy (non-hydrogen) atoms. The molecule has 110 valence electrons. The van der Waals surface area contributed by atoms with Gasteiger partial charge in [-0.15, -0.1) is 0 Å². The minimum absolute atomic E-state index is 0.305. The molecule has 2 N–H and O–H groups in total. The molecular formula is C14H18BrNO4. The first-order valence-corrected chi connectivity index (χ1v) is 7.02. The quantitative estimate of drug-likeness (QED) is 0.832. The summed E-state index contributed by atoms with van der Waals surface area (Å²) < 4.78 is 5.92. The van der Waals surface area contributed by atoms with Crippen LogP contribution in [0.2, 0.25) is 0 Å². The Labute approximate surface area is 126 Å². The zero-order valence-corrected chi connectivity index (χ0v) is 13.3. The fourth-order valence-corrected chi connectivity index (χ4v) is 2.23. The number of carboxylic acid groups (broad SMARTS) is 1. The highest BCUT2D eigenvalue weighted by Crippen LogP contribution is 2.24. The molecule has 0 fully saturated rings. The van der Waals surface area contributed by atoms with Crippen molar-refractivity contribution in [2.75, 3.05) is 7.11 Å². The number of hydrogen-bond donors (Lipinski definition) is 2. The van der Waals surface area contributed by atoms with Crippen molar-refractivity contribution in [3.05, 3.63) is 28.2 Å². The lowest BCUT2D eigenvalue weighted by Crippen LogP contribution is -2.52. The standard InChI is InChI=1S/C14H18BrNO4/c1-4-7-14(2,13(18)19)16-12(17)10-6-5-9(15)8-11(10)20-3/h5-6,8H,4,7H2,1-3H3,(H,16,17)(H,18,19). The monoisotopic (exact) mass is 343 g/mol. The lowest BCUT2D eigenvalue weighted by atomic mass is 9.95. The molecule has 1 unspecified atom stereocenters. The molecule has 0 bridgehead atoms. The van der Waals surface area contributed by atoms with E-state index in [1.807, 2.05) is 6.92 Å². The minimum atomic E-state index is -1.29. The van der Waals surface area contributed by atoms with E-state index in [-0.39, 0.29) is 0 Å². The molecule has 1 atom stereocenters. The number of nitrogens with one attached hydrogen (secondary N) is 1. The van der Waals surface area contributed by atoms with E-state index >= 15 is 0 Å². The smallest absolute Gasteiger partial charge is 0.329 e. The molecule has 1 rings (SSSR count). The zero-order chi connectivity index (χ0) is 15.3. The average molecular weight is 344 g/mol. The maximum atomic E-state index is 12.3. The van der Waals surface area contributed by atoms with E-state index in [4.69, 9.17) is 4.74 Å². The second-order valence-corrected chi connectivity index (χ2v) is 5.60. The summed E-state index contributed by atoms with van der Waals surface area (Å²) in [6.45, 7) is 3.37. The van der Waals surface area contributed by atoms with Gasteiger partial charge in [0.15, 0.2) is 0 Å². The molecule has 1 amide bonds. The van der Waals surface area contributed by atoms with E-state index in [1.165, 1.54) is 14.0 Å². The van der Waals surface area contributed by atoms with Gasteiger partial charge in [-0.05, 0) is 31.5 Å². The Morgan fingerprint density at radius 1 is 1.45 bits per heavy atom. The van der Waals surface area contributed by atoms with Gasteiger partial charge < -0.3 is 15.2 Å². The van der Waals surface area contributed by atoms with E-state index in [1.54, 1.807) is 18.2 Å². The van der Waals surface area contributed by atoms with Crippen molar-refractivity contribution in [1.82, 2.24) is 5.32 Å². The molecule has 0 aliphatic carbocycles. The summed E-state index contributed by atoms with van der Waals surface area (Å²) in [5.74, 6) is -1.13. The van der Waals surface area contributed by atoms with Gasteiger partial charge in [-0.3, -0.25) is 4.79 Å². The van der Waals surface area contributed by atoms with Crippen molar-refractivity contribution in [3.8, 4) is 5.75 Å². The molecule has 1 aromatic rings. The van der Waals surface area contributed by atoms with E-state index in [0.29, 0.717) is 24.2 Å². The molecule has 0 saturated carbocycles. The van der Waals surface area contributed by atoms with Crippen LogP contribution in [0.1, 0.15) is 37.0 Å².